The summed E-state index contributed by atoms with van der Waals surface area (Å²) >= 11 is 0. The molecule has 2 aliphatic rings. The van der Waals surface area contributed by atoms with Crippen molar-refractivity contribution < 1.29 is 31.9 Å². The molecule has 2 atom stereocenters. The number of amides is 2. The van der Waals surface area contributed by atoms with Gasteiger partial charge in [-0.3, -0.25) is 19.4 Å². The van der Waals surface area contributed by atoms with Gasteiger partial charge in [0.25, 0.3) is 0 Å². The van der Waals surface area contributed by atoms with Gasteiger partial charge in [-0.15, -0.1) is 0 Å². The SMILES string of the molecule is CC1C(=O)N(CCCN2CCN(c3cc(F)ccc3OCC(F)(F)F)CC2)C(=O)C1C. The highest BCUT2D eigenvalue weighted by Crippen LogP contribution is 2.31. The minimum absolute atomic E-state index is 0.00136. The summed E-state index contributed by atoms with van der Waals surface area (Å²) in [5, 5.41) is 0. The minimum Gasteiger partial charge on any atom is -0.482 e. The largest absolute Gasteiger partial charge is 0.482 e. The van der Waals surface area contributed by atoms with Crippen molar-refractivity contribution in [1.82, 2.24) is 9.80 Å². The van der Waals surface area contributed by atoms with Crippen LogP contribution < -0.4 is 9.64 Å². The highest BCUT2D eigenvalue weighted by Gasteiger charge is 2.41. The number of likely N-dealkylation sites (tertiary alicyclic amines) is 1. The summed E-state index contributed by atoms with van der Waals surface area (Å²) in [7, 11) is 0. The topological polar surface area (TPSA) is 53.1 Å². The molecule has 0 aromatic heterocycles. The number of carbonyl (C=O) groups excluding carboxylic acids is 2. The molecule has 0 aliphatic carbocycles. The van der Waals surface area contributed by atoms with Crippen LogP contribution in [-0.4, -0.2) is 73.7 Å². The van der Waals surface area contributed by atoms with E-state index >= 15 is 0 Å². The number of alkyl halides is 3. The predicted molar refractivity (Wildman–Crippen MR) is 106 cm³/mol. The molecule has 2 aliphatic heterocycles. The molecule has 1 aromatic carbocycles. The Balaban J connectivity index is 1.50. The Morgan fingerprint density at radius 1 is 1.00 bits per heavy atom. The maximum atomic E-state index is 13.7. The second kappa shape index (κ2) is 9.42. The molecule has 10 heteroatoms. The van der Waals surface area contributed by atoms with E-state index in [1.165, 1.54) is 17.0 Å². The van der Waals surface area contributed by atoms with Gasteiger partial charge < -0.3 is 9.64 Å². The van der Waals surface area contributed by atoms with Crippen molar-refractivity contribution in [2.75, 3.05) is 50.8 Å². The third kappa shape index (κ3) is 5.66. The van der Waals surface area contributed by atoms with Crippen LogP contribution in [0.3, 0.4) is 0 Å². The first-order valence-corrected chi connectivity index (χ1v) is 10.4. The van der Waals surface area contributed by atoms with Crippen LogP contribution in [0.2, 0.25) is 0 Å². The van der Waals surface area contributed by atoms with Crippen molar-refractivity contribution in [3.8, 4) is 5.75 Å². The van der Waals surface area contributed by atoms with Crippen molar-refractivity contribution in [3.63, 3.8) is 0 Å². The van der Waals surface area contributed by atoms with Crippen molar-refractivity contribution >= 4 is 17.5 Å². The second-order valence-electron chi connectivity index (χ2n) is 8.10. The van der Waals surface area contributed by atoms with E-state index in [-0.39, 0.29) is 29.4 Å². The maximum Gasteiger partial charge on any atom is 0.422 e. The number of benzene rings is 1. The lowest BCUT2D eigenvalue weighted by atomic mass is 10.00. The number of ether oxygens (including phenoxy) is 1. The van der Waals surface area contributed by atoms with Crippen molar-refractivity contribution in [1.29, 1.82) is 0 Å². The normalized spacial score (nSPS) is 23.0. The number of hydrogen-bond acceptors (Lipinski definition) is 5. The summed E-state index contributed by atoms with van der Waals surface area (Å²) in [5.74, 6) is -1.35. The van der Waals surface area contributed by atoms with Crippen LogP contribution in [0.5, 0.6) is 5.75 Å². The zero-order valence-electron chi connectivity index (χ0n) is 17.6. The van der Waals surface area contributed by atoms with Gasteiger partial charge in [-0.25, -0.2) is 4.39 Å². The van der Waals surface area contributed by atoms with Gasteiger partial charge in [0.2, 0.25) is 11.8 Å². The molecular weight excluding hydrogens is 418 g/mol. The molecule has 2 amide bonds. The zero-order chi connectivity index (χ0) is 22.8. The Labute approximate surface area is 178 Å². The number of carbonyl (C=O) groups is 2. The number of rotatable bonds is 7. The van der Waals surface area contributed by atoms with Crippen LogP contribution in [-0.2, 0) is 9.59 Å². The van der Waals surface area contributed by atoms with Gasteiger partial charge in [-0.05, 0) is 25.1 Å². The highest BCUT2D eigenvalue weighted by molar-refractivity contribution is 6.04. The van der Waals surface area contributed by atoms with E-state index in [9.17, 15) is 27.2 Å². The van der Waals surface area contributed by atoms with Crippen LogP contribution in [0.4, 0.5) is 23.2 Å². The molecule has 0 radical (unpaired) electrons. The Morgan fingerprint density at radius 3 is 2.19 bits per heavy atom. The summed E-state index contributed by atoms with van der Waals surface area (Å²) in [4.78, 5) is 29.6. The molecule has 0 saturated carbocycles. The Hall–Kier alpha value is -2.36. The number of halogens is 4. The molecule has 2 fully saturated rings. The highest BCUT2D eigenvalue weighted by atomic mass is 19.4. The Morgan fingerprint density at radius 2 is 1.61 bits per heavy atom. The maximum absolute atomic E-state index is 13.7. The van der Waals surface area contributed by atoms with E-state index < -0.39 is 18.6 Å². The first-order chi connectivity index (χ1) is 14.6. The van der Waals surface area contributed by atoms with Crippen molar-refractivity contribution in [3.05, 3.63) is 24.0 Å². The molecular formula is C21H27F4N3O3. The van der Waals surface area contributed by atoms with Crippen molar-refractivity contribution in [2.45, 2.75) is 26.4 Å². The van der Waals surface area contributed by atoms with E-state index in [2.05, 4.69) is 4.90 Å². The van der Waals surface area contributed by atoms with E-state index in [0.29, 0.717) is 51.4 Å². The quantitative estimate of drug-likeness (QED) is 0.477. The smallest absolute Gasteiger partial charge is 0.422 e. The summed E-state index contributed by atoms with van der Waals surface area (Å²) in [6, 6.07) is 3.48. The fourth-order valence-corrected chi connectivity index (χ4v) is 3.93. The standard InChI is InChI=1S/C21H27F4N3O3/c1-14-15(2)20(30)28(19(14)29)7-3-6-26-8-10-27(11-9-26)17-12-16(22)4-5-18(17)31-13-21(23,24)25/h4-5,12,14-15H,3,6-11,13H2,1-2H3. The molecule has 31 heavy (non-hydrogen) atoms. The van der Waals surface area contributed by atoms with Crippen LogP contribution in [0.1, 0.15) is 20.3 Å². The average Bonchev–Trinajstić information content (AvgIpc) is 2.90. The first kappa shape index (κ1) is 23.3. The lowest BCUT2D eigenvalue weighted by molar-refractivity contribution is -0.153. The summed E-state index contributed by atoms with van der Waals surface area (Å²) in [5.41, 5.74) is 0.306. The van der Waals surface area contributed by atoms with E-state index in [0.717, 1.165) is 6.07 Å². The fourth-order valence-electron chi connectivity index (χ4n) is 3.93. The van der Waals surface area contributed by atoms with Gasteiger partial charge in [-0.1, -0.05) is 13.8 Å². The van der Waals surface area contributed by atoms with E-state index in [1.54, 1.807) is 13.8 Å². The molecule has 0 bridgehead atoms. The molecule has 0 N–H and O–H groups in total. The number of piperazine rings is 1. The molecule has 2 heterocycles. The van der Waals surface area contributed by atoms with Gasteiger partial charge in [0.05, 0.1) is 5.69 Å². The Kier molecular flexibility index (Phi) is 7.08. The van der Waals surface area contributed by atoms with E-state index in [4.69, 9.17) is 4.74 Å². The molecule has 3 rings (SSSR count). The number of anilines is 1. The van der Waals surface area contributed by atoms with Gasteiger partial charge in [0, 0.05) is 50.6 Å². The Bertz CT molecular complexity index is 790. The van der Waals surface area contributed by atoms with Crippen LogP contribution >= 0.6 is 0 Å². The number of nitrogens with zero attached hydrogens (tertiary/aromatic N) is 3. The lowest BCUT2D eigenvalue weighted by Crippen LogP contribution is -2.47. The predicted octanol–water partition coefficient (Wildman–Crippen LogP) is 2.92. The molecule has 2 unspecified atom stereocenters. The molecule has 0 spiro atoms. The van der Waals surface area contributed by atoms with Crippen LogP contribution in [0.25, 0.3) is 0 Å². The van der Waals surface area contributed by atoms with Gasteiger partial charge in [0.1, 0.15) is 11.6 Å². The lowest BCUT2D eigenvalue weighted by Gasteiger charge is -2.37. The van der Waals surface area contributed by atoms with Crippen LogP contribution in [0, 0.1) is 17.7 Å². The van der Waals surface area contributed by atoms with Gasteiger partial charge in [0.15, 0.2) is 6.61 Å². The second-order valence-corrected chi connectivity index (χ2v) is 8.10. The molecule has 1 aromatic rings. The molecule has 6 nitrogen and oxygen atoms in total. The molecule has 172 valence electrons. The summed E-state index contributed by atoms with van der Waals surface area (Å²) in [6.07, 6.45) is -3.82. The molecule has 2 saturated heterocycles. The zero-order valence-corrected chi connectivity index (χ0v) is 17.6. The summed E-state index contributed by atoms with van der Waals surface area (Å²) in [6.45, 7) is 5.43. The third-order valence-corrected chi connectivity index (χ3v) is 5.94. The monoisotopic (exact) mass is 445 g/mol. The summed E-state index contributed by atoms with van der Waals surface area (Å²) < 4.78 is 56.1. The minimum atomic E-state index is -4.47. The van der Waals surface area contributed by atoms with E-state index in [1.807, 2.05) is 4.90 Å². The van der Waals surface area contributed by atoms with Gasteiger partial charge >= 0.3 is 6.18 Å². The number of hydrogen-bond donors (Lipinski definition) is 0. The first-order valence-electron chi connectivity index (χ1n) is 10.4. The third-order valence-electron chi connectivity index (χ3n) is 5.94. The van der Waals surface area contributed by atoms with Crippen molar-refractivity contribution in [2.24, 2.45) is 11.8 Å². The average molecular weight is 445 g/mol. The fraction of sp³-hybridized carbons (Fsp3) is 0.619. The van der Waals surface area contributed by atoms with Gasteiger partial charge in [-0.2, -0.15) is 13.2 Å². The number of imide groups is 1. The van der Waals surface area contributed by atoms with Crippen LogP contribution in [0.15, 0.2) is 18.2 Å².